The average Bonchev–Trinajstić information content (AvgIpc) is 2.29. The summed E-state index contributed by atoms with van der Waals surface area (Å²) in [4.78, 5) is 22.3. The molecule has 0 spiro atoms. The molecule has 1 aromatic carbocycles. The first kappa shape index (κ1) is 15.4. The fraction of sp³-hybridized carbons (Fsp3) is 0.333. The van der Waals surface area contributed by atoms with Crippen molar-refractivity contribution in [3.8, 4) is 0 Å². The van der Waals surface area contributed by atoms with E-state index in [9.17, 15) is 14.0 Å². The highest BCUT2D eigenvalue weighted by molar-refractivity contribution is 9.10. The fourth-order valence-electron chi connectivity index (χ4n) is 1.24. The Hall–Kier alpha value is -1.63. The zero-order chi connectivity index (χ0) is 14.6. The van der Waals surface area contributed by atoms with E-state index >= 15 is 0 Å². The summed E-state index contributed by atoms with van der Waals surface area (Å²) in [5, 5.41) is 13.5. The smallest absolute Gasteiger partial charge is 0.328 e. The molecule has 7 heteroatoms. The van der Waals surface area contributed by atoms with E-state index < -0.39 is 23.4 Å². The van der Waals surface area contributed by atoms with E-state index in [1.54, 1.807) is 6.07 Å². The van der Waals surface area contributed by atoms with Gasteiger partial charge in [0.15, 0.2) is 0 Å². The van der Waals surface area contributed by atoms with Crippen molar-refractivity contribution in [1.82, 2.24) is 10.6 Å². The Kier molecular flexibility index (Phi) is 4.88. The number of aliphatic carboxylic acids is 1. The Morgan fingerprint density at radius 2 is 2.05 bits per heavy atom. The average molecular weight is 333 g/mol. The maximum absolute atomic E-state index is 13.4. The predicted molar refractivity (Wildman–Crippen MR) is 71.2 cm³/mol. The first-order valence-electron chi connectivity index (χ1n) is 5.45. The van der Waals surface area contributed by atoms with Crippen LogP contribution in [0.5, 0.6) is 0 Å². The lowest BCUT2D eigenvalue weighted by Crippen LogP contribution is -2.53. The van der Waals surface area contributed by atoms with Gasteiger partial charge in [-0.2, -0.15) is 0 Å². The largest absolute Gasteiger partial charge is 0.480 e. The molecule has 1 aromatic rings. The fourth-order valence-corrected chi connectivity index (χ4v) is 1.64. The van der Waals surface area contributed by atoms with Gasteiger partial charge in [0.05, 0.1) is 0 Å². The minimum Gasteiger partial charge on any atom is -0.480 e. The van der Waals surface area contributed by atoms with Crippen LogP contribution in [-0.2, 0) is 11.3 Å². The first-order chi connectivity index (χ1) is 8.72. The van der Waals surface area contributed by atoms with Crippen LogP contribution in [0.1, 0.15) is 19.4 Å². The van der Waals surface area contributed by atoms with Crippen LogP contribution in [0.15, 0.2) is 22.7 Å². The SMILES string of the molecule is CC(C)(NC(=O)NCc1cc(Br)ccc1F)C(=O)O. The van der Waals surface area contributed by atoms with Gasteiger partial charge in [0.25, 0.3) is 0 Å². The van der Waals surface area contributed by atoms with Crippen molar-refractivity contribution < 1.29 is 19.1 Å². The highest BCUT2D eigenvalue weighted by Gasteiger charge is 2.28. The Bertz CT molecular complexity index is 506. The van der Waals surface area contributed by atoms with Gasteiger partial charge >= 0.3 is 12.0 Å². The Balaban J connectivity index is 2.60. The number of carbonyl (C=O) groups excluding carboxylic acids is 1. The standard InChI is InChI=1S/C12H14BrFN2O3/c1-12(2,10(17)18)16-11(19)15-6-7-5-8(13)3-4-9(7)14/h3-5H,6H2,1-2H3,(H,17,18)(H2,15,16,19). The molecule has 2 amide bonds. The molecular formula is C12H14BrFN2O3. The normalized spacial score (nSPS) is 10.9. The topological polar surface area (TPSA) is 78.4 Å². The third kappa shape index (κ3) is 4.51. The number of benzene rings is 1. The summed E-state index contributed by atoms with van der Waals surface area (Å²) in [7, 11) is 0. The summed E-state index contributed by atoms with van der Waals surface area (Å²) in [5.74, 6) is -1.60. The highest BCUT2D eigenvalue weighted by atomic mass is 79.9. The molecular weight excluding hydrogens is 319 g/mol. The van der Waals surface area contributed by atoms with Gasteiger partial charge in [0, 0.05) is 16.6 Å². The van der Waals surface area contributed by atoms with E-state index in [4.69, 9.17) is 5.11 Å². The lowest BCUT2D eigenvalue weighted by atomic mass is 10.1. The molecule has 0 radical (unpaired) electrons. The van der Waals surface area contributed by atoms with Gasteiger partial charge in [-0.1, -0.05) is 15.9 Å². The number of carbonyl (C=O) groups is 2. The van der Waals surface area contributed by atoms with E-state index in [0.29, 0.717) is 10.0 Å². The number of carboxylic acids is 1. The van der Waals surface area contributed by atoms with Crippen molar-refractivity contribution in [3.05, 3.63) is 34.1 Å². The number of carboxylic acid groups (broad SMARTS) is 1. The van der Waals surface area contributed by atoms with Crippen LogP contribution in [0, 0.1) is 5.82 Å². The molecule has 0 bridgehead atoms. The summed E-state index contributed by atoms with van der Waals surface area (Å²) in [6.45, 7) is 2.68. The minimum atomic E-state index is -1.39. The zero-order valence-electron chi connectivity index (χ0n) is 10.5. The summed E-state index contributed by atoms with van der Waals surface area (Å²) < 4.78 is 14.1. The van der Waals surface area contributed by atoms with Crippen molar-refractivity contribution in [2.45, 2.75) is 25.9 Å². The van der Waals surface area contributed by atoms with Crippen molar-refractivity contribution in [1.29, 1.82) is 0 Å². The molecule has 1 rings (SSSR count). The summed E-state index contributed by atoms with van der Waals surface area (Å²) in [6.07, 6.45) is 0. The van der Waals surface area contributed by atoms with E-state index in [1.807, 2.05) is 0 Å². The van der Waals surface area contributed by atoms with E-state index in [0.717, 1.165) is 0 Å². The number of hydrogen-bond donors (Lipinski definition) is 3. The summed E-state index contributed by atoms with van der Waals surface area (Å²) >= 11 is 3.20. The van der Waals surface area contributed by atoms with Gasteiger partial charge in [0.2, 0.25) is 0 Å². The third-order valence-corrected chi connectivity index (χ3v) is 2.90. The quantitative estimate of drug-likeness (QED) is 0.791. The lowest BCUT2D eigenvalue weighted by molar-refractivity contribution is -0.142. The van der Waals surface area contributed by atoms with Crippen molar-refractivity contribution in [3.63, 3.8) is 0 Å². The molecule has 3 N–H and O–H groups in total. The summed E-state index contributed by atoms with van der Waals surface area (Å²) in [5.41, 5.74) is -1.09. The van der Waals surface area contributed by atoms with Crippen LogP contribution < -0.4 is 10.6 Å². The van der Waals surface area contributed by atoms with Gasteiger partial charge in [-0.25, -0.2) is 14.0 Å². The van der Waals surface area contributed by atoms with Crippen LogP contribution >= 0.6 is 15.9 Å². The second-order valence-electron chi connectivity index (χ2n) is 4.47. The van der Waals surface area contributed by atoms with Gasteiger partial charge in [-0.15, -0.1) is 0 Å². The number of nitrogens with one attached hydrogen (secondary N) is 2. The van der Waals surface area contributed by atoms with Crippen molar-refractivity contribution in [2.75, 3.05) is 0 Å². The number of hydrogen-bond acceptors (Lipinski definition) is 2. The second kappa shape index (κ2) is 6.01. The van der Waals surface area contributed by atoms with Crippen LogP contribution in [0.3, 0.4) is 0 Å². The molecule has 0 unspecified atom stereocenters. The van der Waals surface area contributed by atoms with E-state index in [2.05, 4.69) is 26.6 Å². The highest BCUT2D eigenvalue weighted by Crippen LogP contribution is 2.15. The molecule has 0 saturated carbocycles. The van der Waals surface area contributed by atoms with Crippen LogP contribution in [-0.4, -0.2) is 22.6 Å². The van der Waals surface area contributed by atoms with Crippen LogP contribution in [0.25, 0.3) is 0 Å². The van der Waals surface area contributed by atoms with Gasteiger partial charge in [-0.3, -0.25) is 0 Å². The molecule has 0 aliphatic heterocycles. The van der Waals surface area contributed by atoms with Crippen molar-refractivity contribution in [2.24, 2.45) is 0 Å². The molecule has 0 fully saturated rings. The maximum atomic E-state index is 13.4. The minimum absolute atomic E-state index is 0.0349. The lowest BCUT2D eigenvalue weighted by Gasteiger charge is -2.21. The molecule has 0 heterocycles. The molecule has 0 atom stereocenters. The van der Waals surface area contributed by atoms with Crippen molar-refractivity contribution >= 4 is 27.9 Å². The van der Waals surface area contributed by atoms with Gasteiger partial charge in [0.1, 0.15) is 11.4 Å². The van der Waals surface area contributed by atoms with Gasteiger partial charge < -0.3 is 15.7 Å². The number of rotatable bonds is 4. The predicted octanol–water partition coefficient (Wildman–Crippen LogP) is 2.25. The molecule has 104 valence electrons. The Labute approximate surface area is 118 Å². The zero-order valence-corrected chi connectivity index (χ0v) is 12.0. The molecule has 5 nitrogen and oxygen atoms in total. The number of urea groups is 1. The van der Waals surface area contributed by atoms with Crippen LogP contribution in [0.4, 0.5) is 9.18 Å². The second-order valence-corrected chi connectivity index (χ2v) is 5.39. The van der Waals surface area contributed by atoms with Gasteiger partial charge in [-0.05, 0) is 32.0 Å². The number of halogens is 2. The van der Waals surface area contributed by atoms with Crippen LogP contribution in [0.2, 0.25) is 0 Å². The Morgan fingerprint density at radius 1 is 1.42 bits per heavy atom. The molecule has 0 saturated heterocycles. The maximum Gasteiger partial charge on any atom is 0.328 e. The Morgan fingerprint density at radius 3 is 2.63 bits per heavy atom. The first-order valence-corrected chi connectivity index (χ1v) is 6.25. The monoisotopic (exact) mass is 332 g/mol. The van der Waals surface area contributed by atoms with E-state index in [1.165, 1.54) is 26.0 Å². The molecule has 0 aliphatic carbocycles. The summed E-state index contributed by atoms with van der Waals surface area (Å²) in [6, 6.07) is 3.69. The molecule has 0 aliphatic rings. The number of amides is 2. The molecule has 19 heavy (non-hydrogen) atoms. The van der Waals surface area contributed by atoms with E-state index in [-0.39, 0.29) is 6.54 Å². The molecule has 0 aromatic heterocycles. The third-order valence-electron chi connectivity index (χ3n) is 2.41.